The first-order chi connectivity index (χ1) is 5.33. The fraction of sp³-hybridized carbons (Fsp3) is 0.900. The van der Waals surface area contributed by atoms with Gasteiger partial charge in [0.15, 0.2) is 0 Å². The molecule has 0 aliphatic carbocycles. The Morgan fingerprint density at radius 3 is 2.08 bits per heavy atom. The average molecular weight is 185 g/mol. The summed E-state index contributed by atoms with van der Waals surface area (Å²) in [5, 5.41) is 7.67. The molecule has 0 aromatic rings. The fourth-order valence-corrected chi connectivity index (χ4v) is 2.34. The van der Waals surface area contributed by atoms with E-state index in [1.54, 1.807) is 0 Å². The van der Waals surface area contributed by atoms with E-state index in [0.717, 1.165) is 12.1 Å². The Labute approximate surface area is 78.1 Å². The largest absolute Gasteiger partial charge is 0.309 e. The number of nitrogens with one attached hydrogen (secondary N) is 1. The highest BCUT2D eigenvalue weighted by molar-refractivity contribution is 6.76. The van der Waals surface area contributed by atoms with E-state index in [0.29, 0.717) is 5.92 Å². The molecule has 0 aliphatic rings. The summed E-state index contributed by atoms with van der Waals surface area (Å²) < 4.78 is 0. The van der Waals surface area contributed by atoms with E-state index in [-0.39, 0.29) is 0 Å². The van der Waals surface area contributed by atoms with Crippen LogP contribution < -0.4 is 0 Å². The maximum atomic E-state index is 7.67. The molecule has 0 aromatic heterocycles. The second kappa shape index (κ2) is 4.80. The minimum atomic E-state index is -0.855. The van der Waals surface area contributed by atoms with Crippen LogP contribution in [0.3, 0.4) is 0 Å². The van der Waals surface area contributed by atoms with E-state index in [2.05, 4.69) is 33.5 Å². The summed E-state index contributed by atoms with van der Waals surface area (Å²) in [5.41, 5.74) is 0.924. The van der Waals surface area contributed by atoms with Crippen molar-refractivity contribution in [2.24, 2.45) is 5.92 Å². The third-order valence-corrected chi connectivity index (χ3v) is 3.92. The van der Waals surface area contributed by atoms with Gasteiger partial charge in [0.05, 0.1) is 0 Å². The van der Waals surface area contributed by atoms with E-state index < -0.39 is 8.07 Å². The molecule has 0 unspecified atom stereocenters. The van der Waals surface area contributed by atoms with Crippen LogP contribution in [0.2, 0.25) is 25.7 Å². The number of rotatable bonds is 5. The van der Waals surface area contributed by atoms with Gasteiger partial charge in [-0.1, -0.05) is 46.0 Å². The van der Waals surface area contributed by atoms with E-state index >= 15 is 0 Å². The molecule has 12 heavy (non-hydrogen) atoms. The number of hydrogen-bond acceptors (Lipinski definition) is 1. The Kier molecular flexibility index (Phi) is 4.76. The first-order valence-corrected chi connectivity index (χ1v) is 8.61. The average Bonchev–Trinajstić information content (AvgIpc) is 1.84. The lowest BCUT2D eigenvalue weighted by Crippen LogP contribution is -2.19. The van der Waals surface area contributed by atoms with Crippen LogP contribution in [-0.4, -0.2) is 13.8 Å². The van der Waals surface area contributed by atoms with E-state index in [4.69, 9.17) is 5.41 Å². The fourth-order valence-electron chi connectivity index (χ4n) is 1.10. The highest BCUT2D eigenvalue weighted by Crippen LogP contribution is 2.14. The van der Waals surface area contributed by atoms with Gasteiger partial charge in [0.25, 0.3) is 0 Å². The number of hydrogen-bond donors (Lipinski definition) is 1. The van der Waals surface area contributed by atoms with Crippen molar-refractivity contribution in [2.75, 3.05) is 0 Å². The Morgan fingerprint density at radius 1 is 1.25 bits per heavy atom. The minimum absolute atomic E-state index is 0.451. The van der Waals surface area contributed by atoms with Crippen LogP contribution in [0.5, 0.6) is 0 Å². The highest BCUT2D eigenvalue weighted by Gasteiger charge is 2.12. The molecule has 0 aliphatic heterocycles. The predicted molar refractivity (Wildman–Crippen MR) is 60.0 cm³/mol. The van der Waals surface area contributed by atoms with Gasteiger partial charge >= 0.3 is 0 Å². The van der Waals surface area contributed by atoms with Gasteiger partial charge < -0.3 is 5.41 Å². The molecule has 0 saturated carbocycles. The summed E-state index contributed by atoms with van der Waals surface area (Å²) in [7, 11) is -0.855. The zero-order chi connectivity index (χ0) is 9.78. The van der Waals surface area contributed by atoms with Crippen LogP contribution in [-0.2, 0) is 0 Å². The van der Waals surface area contributed by atoms with Crippen LogP contribution >= 0.6 is 0 Å². The second-order valence-corrected chi connectivity index (χ2v) is 10.7. The van der Waals surface area contributed by atoms with Crippen molar-refractivity contribution in [2.45, 2.75) is 52.4 Å². The monoisotopic (exact) mass is 185 g/mol. The van der Waals surface area contributed by atoms with Gasteiger partial charge in [-0.25, -0.2) is 0 Å². The van der Waals surface area contributed by atoms with Crippen molar-refractivity contribution in [1.82, 2.24) is 0 Å². The Hall–Kier alpha value is -0.113. The van der Waals surface area contributed by atoms with Crippen molar-refractivity contribution >= 4 is 13.8 Å². The molecule has 0 radical (unpaired) electrons. The van der Waals surface area contributed by atoms with Crippen LogP contribution in [0.25, 0.3) is 0 Å². The SMILES string of the molecule is CC(C)C(=N)CCC[Si](C)(C)C. The van der Waals surface area contributed by atoms with Gasteiger partial charge in [0.2, 0.25) is 0 Å². The first-order valence-electron chi connectivity index (χ1n) is 4.90. The van der Waals surface area contributed by atoms with E-state index in [9.17, 15) is 0 Å². The molecule has 0 atom stereocenters. The van der Waals surface area contributed by atoms with Gasteiger partial charge in [0.1, 0.15) is 0 Å². The summed E-state index contributed by atoms with van der Waals surface area (Å²) in [6.45, 7) is 11.4. The van der Waals surface area contributed by atoms with Gasteiger partial charge in [0, 0.05) is 13.8 Å². The molecule has 1 nitrogen and oxygen atoms in total. The second-order valence-electron chi connectivity index (χ2n) is 5.09. The van der Waals surface area contributed by atoms with Crippen molar-refractivity contribution in [3.8, 4) is 0 Å². The van der Waals surface area contributed by atoms with Crippen LogP contribution in [0.1, 0.15) is 26.7 Å². The quantitative estimate of drug-likeness (QED) is 0.498. The van der Waals surface area contributed by atoms with Crippen LogP contribution in [0.15, 0.2) is 0 Å². The molecular formula is C10H23NSi. The van der Waals surface area contributed by atoms with Crippen molar-refractivity contribution in [1.29, 1.82) is 5.41 Å². The topological polar surface area (TPSA) is 23.9 Å². The molecule has 0 aromatic carbocycles. The standard InChI is InChI=1S/C10H23NSi/c1-9(2)10(11)7-6-8-12(3,4)5/h9,11H,6-8H2,1-5H3. The lowest BCUT2D eigenvalue weighted by molar-refractivity contribution is 0.816. The lowest BCUT2D eigenvalue weighted by atomic mass is 10.0. The zero-order valence-corrected chi connectivity index (χ0v) is 10.2. The van der Waals surface area contributed by atoms with Crippen LogP contribution in [0.4, 0.5) is 0 Å². The molecule has 0 spiro atoms. The van der Waals surface area contributed by atoms with Gasteiger partial charge in [-0.2, -0.15) is 0 Å². The smallest absolute Gasteiger partial charge is 0.0442 e. The molecule has 0 rings (SSSR count). The van der Waals surface area contributed by atoms with E-state index in [1.165, 1.54) is 12.5 Å². The maximum Gasteiger partial charge on any atom is 0.0442 e. The third kappa shape index (κ3) is 6.59. The molecule has 72 valence electrons. The molecule has 0 amide bonds. The Balaban J connectivity index is 3.51. The van der Waals surface area contributed by atoms with Crippen LogP contribution in [0, 0.1) is 11.3 Å². The van der Waals surface area contributed by atoms with Gasteiger partial charge in [-0.3, -0.25) is 0 Å². The molecule has 0 fully saturated rings. The van der Waals surface area contributed by atoms with Gasteiger partial charge in [-0.05, 0) is 12.3 Å². The summed E-state index contributed by atoms with van der Waals surface area (Å²) >= 11 is 0. The van der Waals surface area contributed by atoms with Crippen molar-refractivity contribution in [3.63, 3.8) is 0 Å². The highest BCUT2D eigenvalue weighted by atomic mass is 28.3. The molecule has 2 heteroatoms. The van der Waals surface area contributed by atoms with Crippen molar-refractivity contribution < 1.29 is 0 Å². The molecule has 0 heterocycles. The summed E-state index contributed by atoms with van der Waals surface area (Å²) in [6, 6.07) is 1.36. The first kappa shape index (κ1) is 11.9. The third-order valence-electron chi connectivity index (χ3n) is 2.07. The van der Waals surface area contributed by atoms with Gasteiger partial charge in [-0.15, -0.1) is 0 Å². The Morgan fingerprint density at radius 2 is 1.75 bits per heavy atom. The molecule has 0 saturated heterocycles. The predicted octanol–water partition coefficient (Wildman–Crippen LogP) is 3.78. The molecule has 0 bridgehead atoms. The Bertz CT molecular complexity index is 144. The normalized spacial score (nSPS) is 12.2. The molecule has 1 N–H and O–H groups in total. The van der Waals surface area contributed by atoms with E-state index in [1.807, 2.05) is 0 Å². The maximum absolute atomic E-state index is 7.67. The summed E-state index contributed by atoms with van der Waals surface area (Å²) in [5.74, 6) is 0.451. The molecular weight excluding hydrogens is 162 g/mol. The lowest BCUT2D eigenvalue weighted by Gasteiger charge is -2.15. The zero-order valence-electron chi connectivity index (χ0n) is 9.20. The van der Waals surface area contributed by atoms with Crippen molar-refractivity contribution in [3.05, 3.63) is 0 Å². The minimum Gasteiger partial charge on any atom is -0.309 e. The summed E-state index contributed by atoms with van der Waals surface area (Å²) in [6.07, 6.45) is 2.24. The summed E-state index contributed by atoms with van der Waals surface area (Å²) in [4.78, 5) is 0.